The molecular weight excluding hydrogens is 659 g/mol. The molecule has 0 spiro atoms. The van der Waals surface area contributed by atoms with Crippen molar-refractivity contribution in [3.05, 3.63) is 94.1 Å². The van der Waals surface area contributed by atoms with E-state index in [0.717, 1.165) is 28.8 Å². The summed E-state index contributed by atoms with van der Waals surface area (Å²) in [5.74, 6) is 0.0660. The van der Waals surface area contributed by atoms with E-state index in [0.29, 0.717) is 22.8 Å². The van der Waals surface area contributed by atoms with E-state index in [2.05, 4.69) is 14.8 Å². The van der Waals surface area contributed by atoms with Crippen molar-refractivity contribution in [2.75, 3.05) is 50.0 Å². The molecule has 1 heterocycles. The Morgan fingerprint density at radius 1 is 0.894 bits per heavy atom. The van der Waals surface area contributed by atoms with Gasteiger partial charge in [-0.05, 0) is 100 Å². The molecule has 0 aliphatic rings. The Balaban J connectivity index is 1.62. The van der Waals surface area contributed by atoms with E-state index in [1.807, 2.05) is 33.3 Å². The summed E-state index contributed by atoms with van der Waals surface area (Å²) in [4.78, 5) is 34.9. The van der Waals surface area contributed by atoms with Gasteiger partial charge in [0.15, 0.2) is 5.78 Å². The molecule has 12 heteroatoms. The molecule has 250 valence electrons. The van der Waals surface area contributed by atoms with Crippen LogP contribution in [0.25, 0.3) is 10.8 Å². The molecule has 4 rings (SSSR count). The van der Waals surface area contributed by atoms with Gasteiger partial charge in [-0.25, -0.2) is 13.4 Å². The van der Waals surface area contributed by atoms with Crippen LogP contribution in [0.1, 0.15) is 43.1 Å². The van der Waals surface area contributed by atoms with Gasteiger partial charge in [-0.3, -0.25) is 13.9 Å². The highest BCUT2D eigenvalue weighted by atomic mass is 35.5. The first-order valence-electron chi connectivity index (χ1n) is 15.1. The number of Topliss-reactive ketones (excluding diaryl/α,β-unsaturated/α-hetero) is 1. The predicted molar refractivity (Wildman–Crippen MR) is 189 cm³/mol. The minimum Gasteiger partial charge on any atom is -0.459 e. The third kappa shape index (κ3) is 9.67. The molecule has 0 saturated heterocycles. The molecule has 0 amide bonds. The highest BCUT2D eigenvalue weighted by molar-refractivity contribution is 7.92. The lowest BCUT2D eigenvalue weighted by atomic mass is 9.97. The molecule has 0 radical (unpaired) electrons. The van der Waals surface area contributed by atoms with Gasteiger partial charge >= 0.3 is 5.97 Å². The van der Waals surface area contributed by atoms with E-state index >= 15 is 0 Å². The number of halogens is 2. The molecule has 0 atom stereocenters. The Bertz CT molecular complexity index is 1860. The number of anilines is 2. The van der Waals surface area contributed by atoms with Crippen molar-refractivity contribution >= 4 is 67.3 Å². The summed E-state index contributed by atoms with van der Waals surface area (Å²) in [6, 6.07) is 18.1. The summed E-state index contributed by atoms with van der Waals surface area (Å²) in [5, 5.41) is 1.57. The Morgan fingerprint density at radius 3 is 2.26 bits per heavy atom. The highest BCUT2D eigenvalue weighted by Crippen LogP contribution is 2.32. The monoisotopic (exact) mass is 698 g/mol. The summed E-state index contributed by atoms with van der Waals surface area (Å²) < 4.78 is 34.3. The number of sulfonamides is 1. The van der Waals surface area contributed by atoms with Crippen molar-refractivity contribution < 1.29 is 22.7 Å². The van der Waals surface area contributed by atoms with E-state index in [9.17, 15) is 18.0 Å². The molecule has 0 aliphatic heterocycles. The van der Waals surface area contributed by atoms with Crippen LogP contribution in [0.2, 0.25) is 10.0 Å². The standard InChI is InChI=1S/C35H40Cl2N4O5S/c1-35(2,3)46-34(43)23-41(47(44,45)29-21-26(36)20-27(37)22-29)28-11-12-30-25(19-28)8-7-9-31(30)32(42)13-10-24-14-15-38-33(18-24)40(6)17-16-39(4)5/h7-9,11-12,14-15,18-22H,10,13,16-17,23H2,1-6H3. The van der Waals surface area contributed by atoms with Crippen LogP contribution in [-0.2, 0) is 26.0 Å². The average molecular weight is 700 g/mol. The number of fused-ring (bicyclic) bond motifs is 1. The van der Waals surface area contributed by atoms with Gasteiger partial charge in [0.1, 0.15) is 18.0 Å². The average Bonchev–Trinajstić information content (AvgIpc) is 2.99. The number of hydrogen-bond donors (Lipinski definition) is 0. The van der Waals surface area contributed by atoms with E-state index < -0.39 is 28.1 Å². The number of aromatic nitrogens is 1. The second kappa shape index (κ2) is 15.0. The van der Waals surface area contributed by atoms with Crippen molar-refractivity contribution in [1.29, 1.82) is 0 Å². The maximum Gasteiger partial charge on any atom is 0.327 e. The Hall–Kier alpha value is -3.70. The Morgan fingerprint density at radius 2 is 1.60 bits per heavy atom. The number of ketones is 1. The van der Waals surface area contributed by atoms with Crippen LogP contribution in [0, 0.1) is 0 Å². The molecule has 1 aromatic heterocycles. The van der Waals surface area contributed by atoms with Gasteiger partial charge in [0, 0.05) is 48.4 Å². The van der Waals surface area contributed by atoms with E-state index in [1.165, 1.54) is 18.2 Å². The number of esters is 1. The van der Waals surface area contributed by atoms with Crippen LogP contribution >= 0.6 is 23.2 Å². The number of pyridine rings is 1. The number of likely N-dealkylation sites (N-methyl/N-ethyl adjacent to an activating group) is 2. The van der Waals surface area contributed by atoms with Gasteiger partial charge in [0.25, 0.3) is 10.0 Å². The van der Waals surface area contributed by atoms with E-state index in [-0.39, 0.29) is 32.8 Å². The summed E-state index contributed by atoms with van der Waals surface area (Å²) in [7, 11) is 1.73. The number of aryl methyl sites for hydroxylation is 1. The fourth-order valence-electron chi connectivity index (χ4n) is 4.96. The summed E-state index contributed by atoms with van der Waals surface area (Å²) >= 11 is 12.3. The van der Waals surface area contributed by atoms with Crippen molar-refractivity contribution in [3.63, 3.8) is 0 Å². The number of carbonyl (C=O) groups excluding carboxylic acids is 2. The van der Waals surface area contributed by atoms with Crippen LogP contribution in [-0.4, -0.2) is 76.4 Å². The van der Waals surface area contributed by atoms with Crippen molar-refractivity contribution in [3.8, 4) is 0 Å². The molecular formula is C35H40Cl2N4O5S. The normalized spacial score (nSPS) is 11.9. The molecule has 0 aliphatic carbocycles. The summed E-state index contributed by atoms with van der Waals surface area (Å²) in [6.07, 6.45) is 2.57. The van der Waals surface area contributed by atoms with Gasteiger partial charge in [-0.1, -0.05) is 47.5 Å². The Labute approximate surface area is 287 Å². The minimum atomic E-state index is -4.32. The quantitative estimate of drug-likeness (QED) is 0.110. The molecule has 0 bridgehead atoms. The van der Waals surface area contributed by atoms with Crippen molar-refractivity contribution in [2.45, 2.75) is 44.1 Å². The SMILES string of the molecule is CN(C)CCN(C)c1cc(CCC(=O)c2cccc3cc(N(CC(=O)OC(C)(C)C)S(=O)(=O)c4cc(Cl)cc(Cl)c4)ccc23)ccn1. The number of nitrogens with zero attached hydrogens (tertiary/aromatic N) is 4. The predicted octanol–water partition coefficient (Wildman–Crippen LogP) is 6.89. The topological polar surface area (TPSA) is 100 Å². The number of hydrogen-bond acceptors (Lipinski definition) is 8. The maximum absolute atomic E-state index is 13.9. The second-order valence-corrected chi connectivity index (χ2v) is 15.3. The maximum atomic E-state index is 13.9. The first kappa shape index (κ1) is 36.1. The lowest BCUT2D eigenvalue weighted by molar-refractivity contribution is -0.152. The third-order valence-electron chi connectivity index (χ3n) is 7.29. The van der Waals surface area contributed by atoms with Crippen LogP contribution in [0.3, 0.4) is 0 Å². The fraction of sp³-hybridized carbons (Fsp3) is 0.343. The zero-order chi connectivity index (χ0) is 34.5. The summed E-state index contributed by atoms with van der Waals surface area (Å²) in [6.45, 7) is 6.23. The molecule has 47 heavy (non-hydrogen) atoms. The summed E-state index contributed by atoms with van der Waals surface area (Å²) in [5.41, 5.74) is 0.915. The van der Waals surface area contributed by atoms with Crippen LogP contribution in [0.5, 0.6) is 0 Å². The van der Waals surface area contributed by atoms with Crippen LogP contribution in [0.15, 0.2) is 77.8 Å². The smallest absolute Gasteiger partial charge is 0.327 e. The van der Waals surface area contributed by atoms with E-state index in [1.54, 1.807) is 63.4 Å². The molecule has 4 aromatic rings. The minimum absolute atomic E-state index is 0.0468. The van der Waals surface area contributed by atoms with E-state index in [4.69, 9.17) is 27.9 Å². The molecule has 0 unspecified atom stereocenters. The molecule has 3 aromatic carbocycles. The molecule has 0 saturated carbocycles. The fourth-order valence-corrected chi connectivity index (χ4v) is 7.09. The zero-order valence-electron chi connectivity index (χ0n) is 27.5. The van der Waals surface area contributed by atoms with Gasteiger partial charge in [0.2, 0.25) is 0 Å². The van der Waals surface area contributed by atoms with Crippen LogP contribution < -0.4 is 9.21 Å². The first-order chi connectivity index (χ1) is 22.0. The molecule has 9 nitrogen and oxygen atoms in total. The Kier molecular flexibility index (Phi) is 11.6. The van der Waals surface area contributed by atoms with Gasteiger partial charge in [0.05, 0.1) is 10.6 Å². The van der Waals surface area contributed by atoms with Gasteiger partial charge in [-0.2, -0.15) is 0 Å². The number of benzene rings is 3. The first-order valence-corrected chi connectivity index (χ1v) is 17.3. The van der Waals surface area contributed by atoms with Crippen LogP contribution in [0.4, 0.5) is 11.5 Å². The largest absolute Gasteiger partial charge is 0.459 e. The highest BCUT2D eigenvalue weighted by Gasteiger charge is 2.30. The van der Waals surface area contributed by atoms with Gasteiger partial charge < -0.3 is 14.5 Å². The van der Waals surface area contributed by atoms with Crippen molar-refractivity contribution in [1.82, 2.24) is 9.88 Å². The lowest BCUT2D eigenvalue weighted by Gasteiger charge is -2.27. The van der Waals surface area contributed by atoms with Crippen molar-refractivity contribution in [2.24, 2.45) is 0 Å². The molecule has 0 fully saturated rings. The number of rotatable bonds is 13. The number of ether oxygens (including phenoxy) is 1. The zero-order valence-corrected chi connectivity index (χ0v) is 29.8. The second-order valence-electron chi connectivity index (χ2n) is 12.6. The third-order valence-corrected chi connectivity index (χ3v) is 9.48. The number of carbonyl (C=O) groups is 2. The van der Waals surface area contributed by atoms with Gasteiger partial charge in [-0.15, -0.1) is 0 Å². The lowest BCUT2D eigenvalue weighted by Crippen LogP contribution is -2.39. The molecule has 0 N–H and O–H groups in total.